The number of hydrazone groups is 1. The highest BCUT2D eigenvalue weighted by Crippen LogP contribution is 2.35. The predicted octanol–water partition coefficient (Wildman–Crippen LogP) is 3.04. The molecule has 0 radical (unpaired) electrons. The Morgan fingerprint density at radius 3 is 2.69 bits per heavy atom. The van der Waals surface area contributed by atoms with Crippen LogP contribution in [0.5, 0.6) is 0 Å². The molecule has 0 aromatic carbocycles. The van der Waals surface area contributed by atoms with Gasteiger partial charge in [-0.3, -0.25) is 9.59 Å². The van der Waals surface area contributed by atoms with Crippen molar-refractivity contribution in [3.63, 3.8) is 0 Å². The summed E-state index contributed by atoms with van der Waals surface area (Å²) in [4.78, 5) is 38.7. The number of nitrogens with zero attached hydrogens (tertiary/aromatic N) is 3. The molecule has 0 fully saturated rings. The first-order valence-electron chi connectivity index (χ1n) is 8.83. The highest BCUT2D eigenvalue weighted by atomic mass is 32.1. The SMILES string of the molecule is Cn1ccc(C(=O)OCC(=O)N2N=C(c3cccs3)CC2c2cccs2)cc1=O. The summed E-state index contributed by atoms with van der Waals surface area (Å²) in [6.45, 7) is -0.447. The minimum Gasteiger partial charge on any atom is -0.452 e. The van der Waals surface area contributed by atoms with Crippen LogP contribution in [0, 0.1) is 0 Å². The molecule has 4 heterocycles. The van der Waals surface area contributed by atoms with E-state index in [1.54, 1.807) is 29.7 Å². The fraction of sp³-hybridized carbons (Fsp3) is 0.200. The van der Waals surface area contributed by atoms with E-state index >= 15 is 0 Å². The van der Waals surface area contributed by atoms with Gasteiger partial charge >= 0.3 is 5.97 Å². The second kappa shape index (κ2) is 8.14. The normalized spacial score (nSPS) is 16.0. The second-order valence-electron chi connectivity index (χ2n) is 6.44. The molecule has 29 heavy (non-hydrogen) atoms. The third kappa shape index (κ3) is 4.06. The summed E-state index contributed by atoms with van der Waals surface area (Å²) in [5.74, 6) is -1.13. The Bertz CT molecular complexity index is 1120. The Morgan fingerprint density at radius 1 is 1.21 bits per heavy atom. The van der Waals surface area contributed by atoms with E-state index in [0.29, 0.717) is 6.42 Å². The molecular weight excluding hydrogens is 410 g/mol. The Morgan fingerprint density at radius 2 is 2.00 bits per heavy atom. The number of pyridine rings is 1. The molecule has 3 aromatic heterocycles. The van der Waals surface area contributed by atoms with Crippen LogP contribution in [-0.4, -0.2) is 33.8 Å². The van der Waals surface area contributed by atoms with Crippen molar-refractivity contribution in [3.05, 3.63) is 79.0 Å². The van der Waals surface area contributed by atoms with Crippen LogP contribution in [0.2, 0.25) is 0 Å². The van der Waals surface area contributed by atoms with Gasteiger partial charge in [-0.15, -0.1) is 22.7 Å². The van der Waals surface area contributed by atoms with Gasteiger partial charge in [0.1, 0.15) is 0 Å². The van der Waals surface area contributed by atoms with Gasteiger partial charge in [0, 0.05) is 30.6 Å². The van der Waals surface area contributed by atoms with E-state index in [-0.39, 0.29) is 17.2 Å². The molecule has 4 rings (SSSR count). The van der Waals surface area contributed by atoms with Crippen molar-refractivity contribution in [3.8, 4) is 0 Å². The van der Waals surface area contributed by atoms with Gasteiger partial charge in [-0.25, -0.2) is 9.80 Å². The van der Waals surface area contributed by atoms with E-state index in [4.69, 9.17) is 4.74 Å². The number of carbonyl (C=O) groups excluding carboxylic acids is 2. The molecule has 1 aliphatic heterocycles. The lowest BCUT2D eigenvalue weighted by Crippen LogP contribution is -2.31. The fourth-order valence-electron chi connectivity index (χ4n) is 2.99. The summed E-state index contributed by atoms with van der Waals surface area (Å²) in [6, 6.07) is 10.3. The first-order chi connectivity index (χ1) is 14.0. The molecule has 148 valence electrons. The molecule has 3 aromatic rings. The maximum atomic E-state index is 12.8. The number of amides is 1. The number of rotatable bonds is 5. The summed E-state index contributed by atoms with van der Waals surface area (Å²) in [5, 5.41) is 9.84. The van der Waals surface area contributed by atoms with E-state index in [9.17, 15) is 14.4 Å². The van der Waals surface area contributed by atoms with E-state index < -0.39 is 18.5 Å². The standard InChI is InChI=1S/C20H17N3O4S2/c1-22-7-6-13(10-18(22)24)20(26)27-12-19(25)23-15(17-5-3-9-29-17)11-14(21-23)16-4-2-8-28-16/h2-10,15H,11-12H2,1H3. The average Bonchev–Trinajstić information content (AvgIpc) is 3.48. The molecule has 0 saturated heterocycles. The average molecular weight is 428 g/mol. The fourth-order valence-corrected chi connectivity index (χ4v) is 4.52. The van der Waals surface area contributed by atoms with Crippen LogP contribution in [-0.2, 0) is 16.6 Å². The molecular formula is C20H17N3O4S2. The van der Waals surface area contributed by atoms with Gasteiger partial charge in [0.15, 0.2) is 6.61 Å². The minimum atomic E-state index is -0.717. The van der Waals surface area contributed by atoms with Gasteiger partial charge in [0.25, 0.3) is 11.5 Å². The number of aryl methyl sites for hydroxylation is 1. The lowest BCUT2D eigenvalue weighted by Gasteiger charge is -2.20. The molecule has 1 unspecified atom stereocenters. The Labute approximate surface area is 174 Å². The molecule has 0 saturated carbocycles. The van der Waals surface area contributed by atoms with Gasteiger partial charge in [-0.2, -0.15) is 5.10 Å². The van der Waals surface area contributed by atoms with Crippen molar-refractivity contribution < 1.29 is 14.3 Å². The Kier molecular flexibility index (Phi) is 5.41. The third-order valence-corrected chi connectivity index (χ3v) is 6.40. The van der Waals surface area contributed by atoms with Crippen molar-refractivity contribution in [2.75, 3.05) is 6.61 Å². The van der Waals surface area contributed by atoms with E-state index in [2.05, 4.69) is 5.10 Å². The first-order valence-corrected chi connectivity index (χ1v) is 10.6. The Hall–Kier alpha value is -3.04. The molecule has 0 N–H and O–H groups in total. The molecule has 9 heteroatoms. The Balaban J connectivity index is 1.49. The van der Waals surface area contributed by atoms with Crippen molar-refractivity contribution in [1.29, 1.82) is 0 Å². The van der Waals surface area contributed by atoms with Crippen molar-refractivity contribution in [2.24, 2.45) is 12.1 Å². The molecule has 0 bridgehead atoms. The maximum Gasteiger partial charge on any atom is 0.338 e. The highest BCUT2D eigenvalue weighted by Gasteiger charge is 2.34. The van der Waals surface area contributed by atoms with Crippen molar-refractivity contribution >= 4 is 40.3 Å². The summed E-state index contributed by atoms with van der Waals surface area (Å²) < 4.78 is 6.49. The van der Waals surface area contributed by atoms with E-state index in [1.165, 1.54) is 27.9 Å². The number of esters is 1. The predicted molar refractivity (Wildman–Crippen MR) is 111 cm³/mol. The lowest BCUT2D eigenvalue weighted by atomic mass is 10.1. The van der Waals surface area contributed by atoms with Crippen LogP contribution in [0.3, 0.4) is 0 Å². The van der Waals surface area contributed by atoms with Crippen LogP contribution in [0.1, 0.15) is 32.6 Å². The number of ether oxygens (including phenoxy) is 1. The van der Waals surface area contributed by atoms with Gasteiger partial charge in [-0.05, 0) is 29.0 Å². The van der Waals surface area contributed by atoms with Gasteiger partial charge in [0.2, 0.25) is 0 Å². The van der Waals surface area contributed by atoms with Crippen molar-refractivity contribution in [1.82, 2.24) is 9.58 Å². The number of hydrogen-bond donors (Lipinski definition) is 0. The smallest absolute Gasteiger partial charge is 0.338 e. The zero-order valence-corrected chi connectivity index (χ0v) is 17.1. The molecule has 0 spiro atoms. The summed E-state index contributed by atoms with van der Waals surface area (Å²) in [7, 11) is 1.59. The highest BCUT2D eigenvalue weighted by molar-refractivity contribution is 7.12. The van der Waals surface area contributed by atoms with E-state index in [1.807, 2.05) is 35.0 Å². The van der Waals surface area contributed by atoms with Gasteiger partial charge < -0.3 is 9.30 Å². The van der Waals surface area contributed by atoms with Crippen molar-refractivity contribution in [2.45, 2.75) is 12.5 Å². The minimum absolute atomic E-state index is 0.111. The zero-order valence-electron chi connectivity index (χ0n) is 15.5. The number of carbonyl (C=O) groups is 2. The first kappa shape index (κ1) is 19.3. The van der Waals surface area contributed by atoms with Crippen LogP contribution in [0.15, 0.2) is 63.3 Å². The quantitative estimate of drug-likeness (QED) is 0.586. The number of hydrogen-bond acceptors (Lipinski definition) is 7. The van der Waals surface area contributed by atoms with Crippen LogP contribution >= 0.6 is 22.7 Å². The lowest BCUT2D eigenvalue weighted by molar-refractivity contribution is -0.136. The molecule has 1 atom stereocenters. The van der Waals surface area contributed by atoms with Crippen LogP contribution in [0.25, 0.3) is 0 Å². The molecule has 1 amide bonds. The van der Waals surface area contributed by atoms with E-state index in [0.717, 1.165) is 15.5 Å². The summed E-state index contributed by atoms with van der Waals surface area (Å²) in [5.41, 5.74) is 0.623. The monoisotopic (exact) mass is 427 g/mol. The largest absolute Gasteiger partial charge is 0.452 e. The summed E-state index contributed by atoms with van der Waals surface area (Å²) >= 11 is 3.13. The van der Waals surface area contributed by atoms with Gasteiger partial charge in [-0.1, -0.05) is 12.1 Å². The third-order valence-electron chi connectivity index (χ3n) is 4.51. The molecule has 1 aliphatic rings. The van der Waals surface area contributed by atoms with Gasteiger partial charge in [0.05, 0.1) is 22.2 Å². The number of aromatic nitrogens is 1. The second-order valence-corrected chi connectivity index (χ2v) is 8.37. The molecule has 0 aliphatic carbocycles. The molecule has 7 nitrogen and oxygen atoms in total. The van der Waals surface area contributed by atoms with Crippen LogP contribution < -0.4 is 5.56 Å². The van der Waals surface area contributed by atoms with Crippen LogP contribution in [0.4, 0.5) is 0 Å². The summed E-state index contributed by atoms with van der Waals surface area (Å²) in [6.07, 6.45) is 2.08. The number of thiophene rings is 2. The topological polar surface area (TPSA) is 81.0 Å². The maximum absolute atomic E-state index is 12.8. The zero-order chi connectivity index (χ0) is 20.4.